The number of nitrogens with one attached hydrogen (secondary N) is 1. The van der Waals surface area contributed by atoms with Crippen molar-refractivity contribution in [2.45, 2.75) is 13.0 Å². The number of likely N-dealkylation sites (N-methyl/N-ethyl adjacent to an activating group) is 1. The quantitative estimate of drug-likeness (QED) is 0.780. The molecule has 0 aliphatic rings. The largest absolute Gasteiger partial charge is 0.354 e. The summed E-state index contributed by atoms with van der Waals surface area (Å²) in [5.74, 6) is 1.39. The Hall–Kier alpha value is -1.07. The van der Waals surface area contributed by atoms with Crippen molar-refractivity contribution in [2.75, 3.05) is 32.1 Å². The van der Waals surface area contributed by atoms with Crippen molar-refractivity contribution in [2.24, 2.45) is 0 Å². The number of hydrogen-bond acceptors (Lipinski definition) is 3. The van der Waals surface area contributed by atoms with Crippen LogP contribution in [-0.4, -0.2) is 43.0 Å². The molecule has 0 bridgehead atoms. The van der Waals surface area contributed by atoms with E-state index in [2.05, 4.69) is 12.2 Å². The van der Waals surface area contributed by atoms with Crippen LogP contribution in [0.3, 0.4) is 0 Å². The van der Waals surface area contributed by atoms with Gasteiger partial charge in [0, 0.05) is 17.9 Å². The maximum absolute atomic E-state index is 13.8. The van der Waals surface area contributed by atoms with Crippen LogP contribution in [0.1, 0.15) is 18.5 Å². The summed E-state index contributed by atoms with van der Waals surface area (Å²) in [6.45, 7) is 2.69. The molecule has 19 heavy (non-hydrogen) atoms. The van der Waals surface area contributed by atoms with Crippen molar-refractivity contribution in [1.29, 1.82) is 0 Å². The number of nitrogens with zero attached hydrogens (tertiary/aromatic N) is 1. The van der Waals surface area contributed by atoms with Gasteiger partial charge in [-0.1, -0.05) is 25.1 Å². The van der Waals surface area contributed by atoms with Crippen LogP contribution in [0.5, 0.6) is 0 Å². The molecule has 0 saturated heterocycles. The molecule has 1 N–H and O–H groups in total. The van der Waals surface area contributed by atoms with Gasteiger partial charge >= 0.3 is 0 Å². The lowest BCUT2D eigenvalue weighted by Crippen LogP contribution is -2.38. The Morgan fingerprint density at radius 3 is 2.68 bits per heavy atom. The number of amides is 1. The lowest BCUT2D eigenvalue weighted by atomic mass is 10.0. The van der Waals surface area contributed by atoms with E-state index in [0.717, 1.165) is 11.5 Å². The van der Waals surface area contributed by atoms with Gasteiger partial charge in [-0.3, -0.25) is 9.69 Å². The van der Waals surface area contributed by atoms with Crippen LogP contribution in [0.15, 0.2) is 24.3 Å². The van der Waals surface area contributed by atoms with Gasteiger partial charge in [-0.15, -0.1) is 0 Å². The van der Waals surface area contributed by atoms with Crippen molar-refractivity contribution in [3.63, 3.8) is 0 Å². The van der Waals surface area contributed by atoms with E-state index in [-0.39, 0.29) is 11.7 Å². The van der Waals surface area contributed by atoms with E-state index < -0.39 is 6.04 Å². The highest BCUT2D eigenvalue weighted by Gasteiger charge is 2.24. The molecule has 1 aromatic rings. The second-order valence-corrected chi connectivity index (χ2v) is 5.77. The van der Waals surface area contributed by atoms with Crippen molar-refractivity contribution in [3.8, 4) is 0 Å². The molecule has 5 heteroatoms. The molecule has 0 aliphatic heterocycles. The van der Waals surface area contributed by atoms with Gasteiger partial charge in [0.15, 0.2) is 0 Å². The number of rotatable bonds is 7. The lowest BCUT2D eigenvalue weighted by Gasteiger charge is -2.24. The van der Waals surface area contributed by atoms with E-state index in [4.69, 9.17) is 0 Å². The summed E-state index contributed by atoms with van der Waals surface area (Å²) in [7, 11) is 3.55. The van der Waals surface area contributed by atoms with Crippen molar-refractivity contribution < 1.29 is 9.18 Å². The number of carbonyl (C=O) groups is 1. The molecule has 0 radical (unpaired) electrons. The third-order valence-electron chi connectivity index (χ3n) is 2.71. The molecule has 106 valence electrons. The second-order valence-electron chi connectivity index (χ2n) is 4.38. The summed E-state index contributed by atoms with van der Waals surface area (Å²) < 4.78 is 13.8. The van der Waals surface area contributed by atoms with Crippen LogP contribution >= 0.6 is 11.8 Å². The molecule has 0 saturated carbocycles. The molecule has 1 atom stereocenters. The first-order chi connectivity index (χ1) is 9.07. The number of hydrogen-bond donors (Lipinski definition) is 1. The smallest absolute Gasteiger partial charge is 0.242 e. The summed E-state index contributed by atoms with van der Waals surface area (Å²) in [6, 6.07) is 5.82. The Balaban J connectivity index is 2.73. The van der Waals surface area contributed by atoms with Gasteiger partial charge in [-0.05, 0) is 25.9 Å². The summed E-state index contributed by atoms with van der Waals surface area (Å²) in [5, 5.41) is 2.86. The highest BCUT2D eigenvalue weighted by Crippen LogP contribution is 2.21. The lowest BCUT2D eigenvalue weighted by molar-refractivity contribution is -0.125. The van der Waals surface area contributed by atoms with E-state index >= 15 is 0 Å². The second kappa shape index (κ2) is 8.17. The Kier molecular flexibility index (Phi) is 6.87. The average molecular weight is 284 g/mol. The first kappa shape index (κ1) is 16.0. The van der Waals surface area contributed by atoms with Crippen LogP contribution < -0.4 is 5.32 Å². The monoisotopic (exact) mass is 284 g/mol. The molecular weight excluding hydrogens is 263 g/mol. The van der Waals surface area contributed by atoms with Crippen molar-refractivity contribution >= 4 is 17.7 Å². The first-order valence-electron chi connectivity index (χ1n) is 6.34. The van der Waals surface area contributed by atoms with Gasteiger partial charge in [0.1, 0.15) is 11.9 Å². The molecule has 0 spiro atoms. The van der Waals surface area contributed by atoms with E-state index in [1.807, 2.05) is 0 Å². The average Bonchev–Trinajstić information content (AvgIpc) is 2.37. The highest BCUT2D eigenvalue weighted by molar-refractivity contribution is 7.99. The fraction of sp³-hybridized carbons (Fsp3) is 0.500. The Morgan fingerprint density at radius 1 is 1.42 bits per heavy atom. The van der Waals surface area contributed by atoms with Crippen LogP contribution in [0.2, 0.25) is 0 Å². The number of thioether (sulfide) groups is 1. The SMILES string of the molecule is CCSCCNC(=O)[C@H](c1ccccc1F)N(C)C. The molecule has 3 nitrogen and oxygen atoms in total. The summed E-state index contributed by atoms with van der Waals surface area (Å²) in [6.07, 6.45) is 0. The molecule has 0 heterocycles. The number of halogens is 1. The Morgan fingerprint density at radius 2 is 2.11 bits per heavy atom. The zero-order chi connectivity index (χ0) is 14.3. The third kappa shape index (κ3) is 4.84. The molecule has 0 fully saturated rings. The first-order valence-corrected chi connectivity index (χ1v) is 7.49. The normalized spacial score (nSPS) is 12.5. The minimum atomic E-state index is -0.590. The van der Waals surface area contributed by atoms with E-state index in [9.17, 15) is 9.18 Å². The van der Waals surface area contributed by atoms with Gasteiger partial charge < -0.3 is 5.32 Å². The maximum Gasteiger partial charge on any atom is 0.242 e. The minimum Gasteiger partial charge on any atom is -0.354 e. The summed E-state index contributed by atoms with van der Waals surface area (Å²) >= 11 is 1.77. The summed E-state index contributed by atoms with van der Waals surface area (Å²) in [4.78, 5) is 13.9. The van der Waals surface area contributed by atoms with Crippen molar-refractivity contribution in [1.82, 2.24) is 10.2 Å². The summed E-state index contributed by atoms with van der Waals surface area (Å²) in [5.41, 5.74) is 0.410. The molecule has 0 aliphatic carbocycles. The van der Waals surface area contributed by atoms with Crippen LogP contribution in [0, 0.1) is 5.82 Å². The standard InChI is InChI=1S/C14H21FN2OS/c1-4-19-10-9-16-14(18)13(17(2)3)11-7-5-6-8-12(11)15/h5-8,13H,4,9-10H2,1-3H3,(H,16,18)/t13-/m0/s1. The third-order valence-corrected chi connectivity index (χ3v) is 3.62. The zero-order valence-electron chi connectivity index (χ0n) is 11.6. The van der Waals surface area contributed by atoms with E-state index in [1.165, 1.54) is 6.07 Å². The fourth-order valence-electron chi connectivity index (χ4n) is 1.84. The predicted octanol–water partition coefficient (Wildman–Crippen LogP) is 2.30. The Bertz CT molecular complexity index is 412. The number of benzene rings is 1. The molecule has 0 aromatic heterocycles. The van der Waals surface area contributed by atoms with Crippen LogP contribution in [0.25, 0.3) is 0 Å². The maximum atomic E-state index is 13.8. The van der Waals surface area contributed by atoms with Gasteiger partial charge in [-0.25, -0.2) is 4.39 Å². The minimum absolute atomic E-state index is 0.160. The topological polar surface area (TPSA) is 32.3 Å². The highest BCUT2D eigenvalue weighted by atomic mass is 32.2. The van der Waals surface area contributed by atoms with E-state index in [1.54, 1.807) is 49.0 Å². The molecule has 1 aromatic carbocycles. The molecular formula is C14H21FN2OS. The van der Waals surface area contributed by atoms with Gasteiger partial charge in [-0.2, -0.15) is 11.8 Å². The predicted molar refractivity (Wildman–Crippen MR) is 78.8 cm³/mol. The van der Waals surface area contributed by atoms with Crippen LogP contribution in [-0.2, 0) is 4.79 Å². The fourth-order valence-corrected chi connectivity index (χ4v) is 2.37. The van der Waals surface area contributed by atoms with Crippen molar-refractivity contribution in [3.05, 3.63) is 35.6 Å². The zero-order valence-corrected chi connectivity index (χ0v) is 12.5. The Labute approximate surface area is 118 Å². The molecule has 1 amide bonds. The van der Waals surface area contributed by atoms with Gasteiger partial charge in [0.2, 0.25) is 5.91 Å². The molecule has 0 unspecified atom stereocenters. The van der Waals surface area contributed by atoms with Crippen LogP contribution in [0.4, 0.5) is 4.39 Å². The van der Waals surface area contributed by atoms with E-state index in [0.29, 0.717) is 12.1 Å². The number of carbonyl (C=O) groups excluding carboxylic acids is 1. The van der Waals surface area contributed by atoms with Gasteiger partial charge in [0.05, 0.1) is 0 Å². The molecule has 1 rings (SSSR count). The van der Waals surface area contributed by atoms with Gasteiger partial charge in [0.25, 0.3) is 0 Å².